The van der Waals surface area contributed by atoms with Crippen molar-refractivity contribution in [2.45, 2.75) is 6.54 Å². The maximum Gasteiger partial charge on any atom is 0.138 e. The van der Waals surface area contributed by atoms with E-state index in [0.717, 1.165) is 11.3 Å². The lowest BCUT2D eigenvalue weighted by Crippen LogP contribution is -2.12. The average Bonchev–Trinajstić information content (AvgIpc) is 2.79. The normalized spacial score (nSPS) is 9.93. The SMILES string of the molecule is COc1ccccc1CNn1cnnc1. The molecular weight excluding hydrogens is 192 g/mol. The predicted octanol–water partition coefficient (Wildman–Crippen LogP) is 1.03. The molecule has 0 aliphatic carbocycles. The van der Waals surface area contributed by atoms with Crippen molar-refractivity contribution < 1.29 is 4.74 Å². The lowest BCUT2D eigenvalue weighted by atomic mass is 10.2. The van der Waals surface area contributed by atoms with Gasteiger partial charge in [0, 0.05) is 5.56 Å². The van der Waals surface area contributed by atoms with Crippen molar-refractivity contribution in [3.63, 3.8) is 0 Å². The number of rotatable bonds is 4. The summed E-state index contributed by atoms with van der Waals surface area (Å²) in [5, 5.41) is 7.39. The van der Waals surface area contributed by atoms with Crippen LogP contribution in [0.25, 0.3) is 0 Å². The van der Waals surface area contributed by atoms with E-state index in [1.807, 2.05) is 24.3 Å². The Morgan fingerprint density at radius 3 is 2.73 bits per heavy atom. The van der Waals surface area contributed by atoms with Gasteiger partial charge in [-0.3, -0.25) is 0 Å². The monoisotopic (exact) mass is 204 g/mol. The Labute approximate surface area is 87.7 Å². The first-order chi connectivity index (χ1) is 7.40. The van der Waals surface area contributed by atoms with Crippen molar-refractivity contribution in [3.05, 3.63) is 42.5 Å². The van der Waals surface area contributed by atoms with Crippen LogP contribution in [0, 0.1) is 0 Å². The van der Waals surface area contributed by atoms with Crippen LogP contribution in [-0.4, -0.2) is 22.0 Å². The van der Waals surface area contributed by atoms with Crippen LogP contribution in [0.4, 0.5) is 0 Å². The van der Waals surface area contributed by atoms with Gasteiger partial charge >= 0.3 is 0 Å². The van der Waals surface area contributed by atoms with E-state index in [9.17, 15) is 0 Å². The van der Waals surface area contributed by atoms with Gasteiger partial charge in [0.1, 0.15) is 18.4 Å². The lowest BCUT2D eigenvalue weighted by Gasteiger charge is -2.09. The average molecular weight is 204 g/mol. The summed E-state index contributed by atoms with van der Waals surface area (Å²) >= 11 is 0. The molecule has 1 aromatic carbocycles. The van der Waals surface area contributed by atoms with Crippen molar-refractivity contribution in [1.29, 1.82) is 0 Å². The fraction of sp³-hybridized carbons (Fsp3) is 0.200. The van der Waals surface area contributed by atoms with Crippen LogP contribution in [0.3, 0.4) is 0 Å². The number of nitrogens with zero attached hydrogens (tertiary/aromatic N) is 3. The van der Waals surface area contributed by atoms with E-state index in [1.165, 1.54) is 0 Å². The predicted molar refractivity (Wildman–Crippen MR) is 56.1 cm³/mol. The zero-order valence-corrected chi connectivity index (χ0v) is 8.42. The number of benzene rings is 1. The number of nitrogens with one attached hydrogen (secondary N) is 1. The number of hydrogen-bond acceptors (Lipinski definition) is 4. The largest absolute Gasteiger partial charge is 0.496 e. The molecule has 1 N–H and O–H groups in total. The van der Waals surface area contributed by atoms with Crippen LogP contribution in [-0.2, 0) is 6.54 Å². The van der Waals surface area contributed by atoms with Crippen molar-refractivity contribution in [2.24, 2.45) is 0 Å². The maximum absolute atomic E-state index is 5.23. The van der Waals surface area contributed by atoms with E-state index >= 15 is 0 Å². The molecule has 0 saturated heterocycles. The number of ether oxygens (including phenoxy) is 1. The molecule has 1 heterocycles. The van der Waals surface area contributed by atoms with E-state index < -0.39 is 0 Å². The van der Waals surface area contributed by atoms with E-state index in [0.29, 0.717) is 6.54 Å². The third-order valence-electron chi connectivity index (χ3n) is 2.06. The second kappa shape index (κ2) is 4.45. The Morgan fingerprint density at radius 1 is 1.27 bits per heavy atom. The quantitative estimate of drug-likeness (QED) is 0.808. The minimum atomic E-state index is 0.669. The van der Waals surface area contributed by atoms with Crippen LogP contribution in [0.1, 0.15) is 5.56 Å². The molecule has 2 rings (SSSR count). The minimum absolute atomic E-state index is 0.669. The van der Waals surface area contributed by atoms with Crippen molar-refractivity contribution >= 4 is 0 Å². The molecule has 78 valence electrons. The number of hydrogen-bond donors (Lipinski definition) is 1. The van der Waals surface area contributed by atoms with Gasteiger partial charge in [-0.05, 0) is 6.07 Å². The molecule has 0 amide bonds. The molecule has 5 nitrogen and oxygen atoms in total. The molecule has 2 aromatic rings. The standard InChI is InChI=1S/C10H12N4O/c1-15-10-5-3-2-4-9(10)6-13-14-7-11-12-8-14/h2-5,7-8,13H,6H2,1H3. The summed E-state index contributed by atoms with van der Waals surface area (Å²) in [6.45, 7) is 0.669. The van der Waals surface area contributed by atoms with Crippen LogP contribution in [0.2, 0.25) is 0 Å². The molecule has 5 heteroatoms. The smallest absolute Gasteiger partial charge is 0.138 e. The summed E-state index contributed by atoms with van der Waals surface area (Å²) in [6, 6.07) is 7.87. The third-order valence-corrected chi connectivity index (χ3v) is 2.06. The molecule has 15 heavy (non-hydrogen) atoms. The van der Waals surface area contributed by atoms with Crippen LogP contribution < -0.4 is 10.2 Å². The molecule has 0 aliphatic heterocycles. The van der Waals surface area contributed by atoms with Gasteiger partial charge in [0.25, 0.3) is 0 Å². The zero-order valence-electron chi connectivity index (χ0n) is 8.42. The molecule has 0 aliphatic rings. The van der Waals surface area contributed by atoms with Gasteiger partial charge < -0.3 is 10.2 Å². The molecule has 0 fully saturated rings. The summed E-state index contributed by atoms with van der Waals surface area (Å²) < 4.78 is 6.94. The molecular formula is C10H12N4O. The zero-order chi connectivity index (χ0) is 10.5. The van der Waals surface area contributed by atoms with Crippen molar-refractivity contribution in [3.8, 4) is 5.75 Å². The van der Waals surface area contributed by atoms with Gasteiger partial charge in [-0.2, -0.15) is 0 Å². The number of para-hydroxylation sites is 1. The van der Waals surface area contributed by atoms with Crippen molar-refractivity contribution in [1.82, 2.24) is 14.9 Å². The molecule has 0 atom stereocenters. The molecule has 0 spiro atoms. The second-order valence-electron chi connectivity index (χ2n) is 3.02. The van der Waals surface area contributed by atoms with Gasteiger partial charge in [0.2, 0.25) is 0 Å². The first kappa shape index (κ1) is 9.51. The van der Waals surface area contributed by atoms with Gasteiger partial charge in [0.15, 0.2) is 0 Å². The highest BCUT2D eigenvalue weighted by Gasteiger charge is 2.00. The highest BCUT2D eigenvalue weighted by molar-refractivity contribution is 5.33. The topological polar surface area (TPSA) is 52.0 Å². The molecule has 0 radical (unpaired) electrons. The first-order valence-electron chi connectivity index (χ1n) is 4.60. The van der Waals surface area contributed by atoms with E-state index in [1.54, 1.807) is 24.4 Å². The third kappa shape index (κ3) is 2.25. The number of aromatic nitrogens is 3. The summed E-state index contributed by atoms with van der Waals surface area (Å²) in [7, 11) is 1.66. The van der Waals surface area contributed by atoms with E-state index in [2.05, 4.69) is 15.6 Å². The van der Waals surface area contributed by atoms with Crippen LogP contribution in [0.5, 0.6) is 5.75 Å². The fourth-order valence-electron chi connectivity index (χ4n) is 1.31. The molecule has 0 unspecified atom stereocenters. The number of methoxy groups -OCH3 is 1. The fourth-order valence-corrected chi connectivity index (χ4v) is 1.31. The van der Waals surface area contributed by atoms with E-state index in [-0.39, 0.29) is 0 Å². The van der Waals surface area contributed by atoms with Crippen molar-refractivity contribution in [2.75, 3.05) is 12.5 Å². The highest BCUT2D eigenvalue weighted by Crippen LogP contribution is 2.16. The summed E-state index contributed by atoms with van der Waals surface area (Å²) in [6.07, 6.45) is 3.21. The van der Waals surface area contributed by atoms with E-state index in [4.69, 9.17) is 4.74 Å². The minimum Gasteiger partial charge on any atom is -0.496 e. The molecule has 1 aromatic heterocycles. The Hall–Kier alpha value is -2.04. The van der Waals surface area contributed by atoms with Gasteiger partial charge in [-0.15, -0.1) is 10.2 Å². The Balaban J connectivity index is 2.04. The van der Waals surface area contributed by atoms with Crippen LogP contribution in [0.15, 0.2) is 36.9 Å². The van der Waals surface area contributed by atoms with Gasteiger partial charge in [-0.25, -0.2) is 4.68 Å². The Kier molecular flexibility index (Phi) is 2.82. The lowest BCUT2D eigenvalue weighted by molar-refractivity contribution is 0.410. The molecule has 0 bridgehead atoms. The highest BCUT2D eigenvalue weighted by atomic mass is 16.5. The molecule has 0 saturated carbocycles. The Bertz CT molecular complexity index is 413. The van der Waals surface area contributed by atoms with Gasteiger partial charge in [0.05, 0.1) is 13.7 Å². The maximum atomic E-state index is 5.23. The second-order valence-corrected chi connectivity index (χ2v) is 3.02. The Morgan fingerprint density at radius 2 is 2.00 bits per heavy atom. The first-order valence-corrected chi connectivity index (χ1v) is 4.60. The summed E-state index contributed by atoms with van der Waals surface area (Å²) in [5.74, 6) is 0.873. The van der Waals surface area contributed by atoms with Crippen LogP contribution >= 0.6 is 0 Å². The van der Waals surface area contributed by atoms with Gasteiger partial charge in [-0.1, -0.05) is 18.2 Å². The summed E-state index contributed by atoms with van der Waals surface area (Å²) in [4.78, 5) is 0. The summed E-state index contributed by atoms with van der Waals surface area (Å²) in [5.41, 5.74) is 4.22.